The average molecular weight is 475 g/mol. The van der Waals surface area contributed by atoms with Gasteiger partial charge in [-0.1, -0.05) is 29.8 Å². The zero-order valence-electron chi connectivity index (χ0n) is 17.8. The molecule has 2 aliphatic rings. The van der Waals surface area contributed by atoms with Crippen molar-refractivity contribution in [1.29, 1.82) is 0 Å². The largest absolute Gasteiger partial charge is 0.338 e. The first-order chi connectivity index (χ1) is 15.5. The highest BCUT2D eigenvalue weighted by Gasteiger charge is 2.37. The van der Waals surface area contributed by atoms with Crippen LogP contribution in [0.5, 0.6) is 0 Å². The summed E-state index contributed by atoms with van der Waals surface area (Å²) in [6.07, 6.45) is 1.93. The summed E-state index contributed by atoms with van der Waals surface area (Å²) in [5.41, 5.74) is 0.599. The zero-order chi connectivity index (χ0) is 22.5. The zero-order valence-corrected chi connectivity index (χ0v) is 19.4. The van der Waals surface area contributed by atoms with E-state index >= 15 is 0 Å². The molecule has 0 bridgehead atoms. The van der Waals surface area contributed by atoms with E-state index in [2.05, 4.69) is 5.32 Å². The van der Waals surface area contributed by atoms with Crippen molar-refractivity contribution in [2.75, 3.05) is 44.6 Å². The molecule has 170 valence electrons. The third kappa shape index (κ3) is 5.49. The molecule has 3 amide bonds. The topological polar surface area (TPSA) is 73.0 Å². The van der Waals surface area contributed by atoms with Crippen molar-refractivity contribution < 1.29 is 14.4 Å². The second kappa shape index (κ2) is 10.5. The Morgan fingerprint density at radius 2 is 1.81 bits per heavy atom. The summed E-state index contributed by atoms with van der Waals surface area (Å²) in [6, 6.07) is 10.7. The highest BCUT2D eigenvalue weighted by Crippen LogP contribution is 2.23. The number of hydrogen-bond acceptors (Lipinski definition) is 5. The van der Waals surface area contributed by atoms with Gasteiger partial charge in [-0.3, -0.25) is 19.3 Å². The lowest BCUT2D eigenvalue weighted by atomic mass is 10.1. The summed E-state index contributed by atoms with van der Waals surface area (Å²) in [7, 11) is 0. The molecule has 1 atom stereocenters. The smallest absolute Gasteiger partial charge is 0.245 e. The second-order valence-corrected chi connectivity index (χ2v) is 9.57. The normalized spacial score (nSPS) is 19.2. The van der Waals surface area contributed by atoms with Gasteiger partial charge in [-0.2, -0.15) is 0 Å². The number of carbonyl (C=O) groups excluding carboxylic acids is 3. The van der Waals surface area contributed by atoms with Crippen LogP contribution in [-0.4, -0.2) is 77.7 Å². The number of anilines is 1. The van der Waals surface area contributed by atoms with Gasteiger partial charge in [-0.15, -0.1) is 11.3 Å². The van der Waals surface area contributed by atoms with Gasteiger partial charge in [-0.25, -0.2) is 0 Å². The number of nitrogens with zero attached hydrogens (tertiary/aromatic N) is 3. The molecule has 9 heteroatoms. The van der Waals surface area contributed by atoms with Crippen molar-refractivity contribution in [3.63, 3.8) is 0 Å². The minimum atomic E-state index is -0.363. The first-order valence-corrected chi connectivity index (χ1v) is 12.1. The molecule has 2 saturated heterocycles. The summed E-state index contributed by atoms with van der Waals surface area (Å²) in [5.74, 6) is -0.0700. The Balaban J connectivity index is 1.26. The van der Waals surface area contributed by atoms with Crippen molar-refractivity contribution in [3.8, 4) is 0 Å². The molecule has 32 heavy (non-hydrogen) atoms. The van der Waals surface area contributed by atoms with Crippen LogP contribution in [0.25, 0.3) is 0 Å². The van der Waals surface area contributed by atoms with Crippen LogP contribution in [0.2, 0.25) is 5.02 Å². The van der Waals surface area contributed by atoms with Gasteiger partial charge in [0.25, 0.3) is 0 Å². The van der Waals surface area contributed by atoms with E-state index < -0.39 is 0 Å². The van der Waals surface area contributed by atoms with Gasteiger partial charge in [0.1, 0.15) is 6.04 Å². The van der Waals surface area contributed by atoms with Gasteiger partial charge >= 0.3 is 0 Å². The molecule has 3 heterocycles. The summed E-state index contributed by atoms with van der Waals surface area (Å²) < 4.78 is 0. The quantitative estimate of drug-likeness (QED) is 0.698. The van der Waals surface area contributed by atoms with Crippen LogP contribution >= 0.6 is 22.9 Å². The van der Waals surface area contributed by atoms with E-state index in [4.69, 9.17) is 11.6 Å². The van der Waals surface area contributed by atoms with Crippen molar-refractivity contribution in [2.24, 2.45) is 0 Å². The summed E-state index contributed by atoms with van der Waals surface area (Å²) in [5, 5.41) is 5.30. The van der Waals surface area contributed by atoms with Crippen molar-refractivity contribution in [2.45, 2.75) is 25.3 Å². The van der Waals surface area contributed by atoms with Gasteiger partial charge in [0, 0.05) is 37.6 Å². The number of para-hydroxylation sites is 1. The second-order valence-electron chi connectivity index (χ2n) is 8.13. The minimum Gasteiger partial charge on any atom is -0.338 e. The molecular formula is C23H27ClN4O3S. The lowest BCUT2D eigenvalue weighted by Crippen LogP contribution is -2.55. The van der Waals surface area contributed by atoms with Gasteiger partial charge in [0.05, 0.1) is 23.7 Å². The van der Waals surface area contributed by atoms with Crippen molar-refractivity contribution in [3.05, 3.63) is 51.7 Å². The first kappa shape index (κ1) is 22.8. The molecule has 2 fully saturated rings. The molecular weight excluding hydrogens is 448 g/mol. The Labute approximate surface area is 196 Å². The van der Waals surface area contributed by atoms with E-state index in [1.165, 1.54) is 0 Å². The van der Waals surface area contributed by atoms with Crippen LogP contribution in [0.3, 0.4) is 0 Å². The van der Waals surface area contributed by atoms with E-state index in [1.54, 1.807) is 28.4 Å². The number of piperazine rings is 1. The van der Waals surface area contributed by atoms with Gasteiger partial charge in [0.2, 0.25) is 17.7 Å². The molecule has 7 nitrogen and oxygen atoms in total. The third-order valence-corrected chi connectivity index (χ3v) is 7.17. The number of likely N-dealkylation sites (tertiary alicyclic amines) is 1. The molecule has 1 aromatic heterocycles. The first-order valence-electron chi connectivity index (χ1n) is 10.9. The van der Waals surface area contributed by atoms with Crippen LogP contribution in [0.1, 0.15) is 17.7 Å². The standard InChI is InChI=1S/C23H27ClN4O3S/c24-18-6-1-2-7-19(18)25-21(29)16-26-10-12-27(13-11-26)23(31)20-8-3-9-28(20)22(30)15-17-5-4-14-32-17/h1-2,4-7,14,20H,3,8-13,15-16H2,(H,25,29). The lowest BCUT2D eigenvalue weighted by Gasteiger charge is -2.37. The number of halogens is 1. The Kier molecular flexibility index (Phi) is 7.44. The fraction of sp³-hybridized carbons (Fsp3) is 0.435. The predicted molar refractivity (Wildman–Crippen MR) is 126 cm³/mol. The fourth-order valence-corrected chi connectivity index (χ4v) is 5.16. The lowest BCUT2D eigenvalue weighted by molar-refractivity contribution is -0.144. The van der Waals surface area contributed by atoms with Crippen molar-refractivity contribution in [1.82, 2.24) is 14.7 Å². The van der Waals surface area contributed by atoms with Crippen LogP contribution in [-0.2, 0) is 20.8 Å². The van der Waals surface area contributed by atoms with Crippen LogP contribution in [0.4, 0.5) is 5.69 Å². The Morgan fingerprint density at radius 3 is 2.53 bits per heavy atom. The van der Waals surface area contributed by atoms with E-state index in [9.17, 15) is 14.4 Å². The number of benzene rings is 1. The number of nitrogens with one attached hydrogen (secondary N) is 1. The maximum Gasteiger partial charge on any atom is 0.245 e. The Morgan fingerprint density at radius 1 is 1.03 bits per heavy atom. The SMILES string of the molecule is O=C(CN1CCN(C(=O)C2CCCN2C(=O)Cc2cccs2)CC1)Nc1ccccc1Cl. The maximum atomic E-state index is 13.1. The van der Waals surface area contributed by atoms with Crippen LogP contribution in [0, 0.1) is 0 Å². The highest BCUT2D eigenvalue weighted by atomic mass is 35.5. The molecule has 1 aromatic carbocycles. The van der Waals surface area contributed by atoms with E-state index in [0.717, 1.165) is 17.7 Å². The van der Waals surface area contributed by atoms with Gasteiger partial charge < -0.3 is 15.1 Å². The average Bonchev–Trinajstić information content (AvgIpc) is 3.47. The molecule has 2 aliphatic heterocycles. The van der Waals surface area contributed by atoms with E-state index in [-0.39, 0.29) is 30.3 Å². The number of thiophene rings is 1. The Bertz CT molecular complexity index is 960. The third-order valence-electron chi connectivity index (χ3n) is 5.96. The van der Waals surface area contributed by atoms with E-state index in [0.29, 0.717) is 49.9 Å². The number of hydrogen-bond donors (Lipinski definition) is 1. The molecule has 4 rings (SSSR count). The van der Waals surface area contributed by atoms with E-state index in [1.807, 2.05) is 39.4 Å². The maximum absolute atomic E-state index is 13.1. The fourth-order valence-electron chi connectivity index (χ4n) is 4.28. The summed E-state index contributed by atoms with van der Waals surface area (Å²) in [6.45, 7) is 3.25. The molecule has 2 aromatic rings. The molecule has 0 radical (unpaired) electrons. The minimum absolute atomic E-state index is 0.0261. The van der Waals surface area contributed by atoms with Crippen LogP contribution < -0.4 is 5.32 Å². The molecule has 1 N–H and O–H groups in total. The van der Waals surface area contributed by atoms with Crippen molar-refractivity contribution >= 4 is 46.3 Å². The van der Waals surface area contributed by atoms with Gasteiger partial charge in [0.15, 0.2) is 0 Å². The molecule has 0 saturated carbocycles. The van der Waals surface area contributed by atoms with Gasteiger partial charge in [-0.05, 0) is 36.4 Å². The summed E-state index contributed by atoms with van der Waals surface area (Å²) in [4.78, 5) is 44.9. The van der Waals surface area contributed by atoms with Crippen LogP contribution in [0.15, 0.2) is 41.8 Å². The number of amides is 3. The molecule has 0 aliphatic carbocycles. The highest BCUT2D eigenvalue weighted by molar-refractivity contribution is 7.10. The number of rotatable bonds is 6. The monoisotopic (exact) mass is 474 g/mol. The predicted octanol–water partition coefficient (Wildman–Crippen LogP) is 2.72. The summed E-state index contributed by atoms with van der Waals surface area (Å²) >= 11 is 7.67. The Hall–Kier alpha value is -2.42. The molecule has 0 spiro atoms. The number of carbonyl (C=O) groups is 3. The molecule has 1 unspecified atom stereocenters.